The van der Waals surface area contributed by atoms with Crippen LogP contribution in [0, 0.1) is 0 Å². The number of nitrogens with zero attached hydrogens (tertiary/aromatic N) is 1. The molecule has 1 heterocycles. The normalized spacial score (nSPS) is 17.4. The maximum absolute atomic E-state index is 12.6. The summed E-state index contributed by atoms with van der Waals surface area (Å²) in [5.41, 5.74) is 2.21. The molecule has 0 aromatic heterocycles. The lowest BCUT2D eigenvalue weighted by atomic mass is 10.1. The van der Waals surface area contributed by atoms with Gasteiger partial charge in [0, 0.05) is 18.7 Å². The van der Waals surface area contributed by atoms with Crippen molar-refractivity contribution < 1.29 is 14.3 Å². The van der Waals surface area contributed by atoms with Crippen molar-refractivity contribution in [3.8, 4) is 11.5 Å². The molecule has 2 aromatic rings. The number of amides is 1. The minimum atomic E-state index is -0.00781. The fraction of sp³-hybridized carbons (Fsp3) is 0.350. The highest BCUT2D eigenvalue weighted by molar-refractivity contribution is 7.99. The smallest absolute Gasteiger partial charge is 0.224 e. The number of carbonyl (C=O) groups is 1. The Balaban J connectivity index is 1.89. The second kappa shape index (κ2) is 8.30. The van der Waals surface area contributed by atoms with Crippen LogP contribution < -0.4 is 9.47 Å². The van der Waals surface area contributed by atoms with Gasteiger partial charge in [0.05, 0.1) is 13.7 Å². The molecule has 0 spiro atoms. The van der Waals surface area contributed by atoms with Crippen LogP contribution in [-0.2, 0) is 11.3 Å². The summed E-state index contributed by atoms with van der Waals surface area (Å²) in [6.07, 6.45) is 0.586. The number of methoxy groups -OCH3 is 1. The molecule has 0 radical (unpaired) electrons. The molecule has 4 nitrogen and oxygen atoms in total. The van der Waals surface area contributed by atoms with Gasteiger partial charge in [-0.15, -0.1) is 11.8 Å². The third-order valence-corrected chi connectivity index (χ3v) is 5.45. The van der Waals surface area contributed by atoms with Crippen LogP contribution in [0.2, 0.25) is 0 Å². The molecule has 1 aliphatic heterocycles. The summed E-state index contributed by atoms with van der Waals surface area (Å²) in [4.78, 5) is 14.5. The molecule has 0 saturated carbocycles. The van der Waals surface area contributed by atoms with Crippen LogP contribution in [0.1, 0.15) is 29.8 Å². The van der Waals surface area contributed by atoms with Crippen molar-refractivity contribution in [2.24, 2.45) is 0 Å². The number of hydrogen-bond acceptors (Lipinski definition) is 4. The van der Waals surface area contributed by atoms with E-state index in [0.29, 0.717) is 25.3 Å². The fourth-order valence-corrected chi connectivity index (χ4v) is 4.19. The maximum Gasteiger partial charge on any atom is 0.224 e. The second-order valence-electron chi connectivity index (χ2n) is 5.82. The van der Waals surface area contributed by atoms with Crippen LogP contribution in [-0.4, -0.2) is 30.3 Å². The lowest BCUT2D eigenvalue weighted by Gasteiger charge is -2.35. The van der Waals surface area contributed by atoms with Gasteiger partial charge in [-0.3, -0.25) is 4.79 Å². The van der Waals surface area contributed by atoms with E-state index in [2.05, 4.69) is 12.1 Å². The molecule has 2 aromatic carbocycles. The summed E-state index contributed by atoms with van der Waals surface area (Å²) >= 11 is 1.80. The molecule has 0 aliphatic carbocycles. The monoisotopic (exact) mass is 357 g/mol. The predicted molar refractivity (Wildman–Crippen MR) is 101 cm³/mol. The van der Waals surface area contributed by atoms with E-state index in [4.69, 9.17) is 9.47 Å². The number of carbonyl (C=O) groups excluding carboxylic acids is 1. The Labute approximate surface area is 153 Å². The van der Waals surface area contributed by atoms with Gasteiger partial charge in [0.25, 0.3) is 0 Å². The van der Waals surface area contributed by atoms with Gasteiger partial charge < -0.3 is 14.4 Å². The van der Waals surface area contributed by atoms with E-state index in [-0.39, 0.29) is 11.3 Å². The largest absolute Gasteiger partial charge is 0.493 e. The van der Waals surface area contributed by atoms with Crippen LogP contribution >= 0.6 is 11.8 Å². The minimum absolute atomic E-state index is 0.00781. The summed E-state index contributed by atoms with van der Waals surface area (Å²) in [6.45, 7) is 3.14. The molecule has 1 amide bonds. The van der Waals surface area contributed by atoms with Gasteiger partial charge in [0.1, 0.15) is 5.37 Å². The van der Waals surface area contributed by atoms with E-state index < -0.39 is 0 Å². The number of rotatable bonds is 6. The van der Waals surface area contributed by atoms with Crippen molar-refractivity contribution in [1.82, 2.24) is 4.90 Å². The first-order valence-corrected chi connectivity index (χ1v) is 9.53. The molecular formula is C20H23NO3S. The summed E-state index contributed by atoms with van der Waals surface area (Å²) in [6, 6.07) is 16.1. The van der Waals surface area contributed by atoms with Crippen LogP contribution in [0.5, 0.6) is 11.5 Å². The Morgan fingerprint density at radius 2 is 1.96 bits per heavy atom. The number of thioether (sulfide) groups is 1. The molecule has 132 valence electrons. The molecular weight excluding hydrogens is 334 g/mol. The first-order chi connectivity index (χ1) is 12.2. The van der Waals surface area contributed by atoms with Crippen LogP contribution in [0.25, 0.3) is 0 Å². The van der Waals surface area contributed by atoms with Gasteiger partial charge in [-0.05, 0) is 30.2 Å². The van der Waals surface area contributed by atoms with Crippen molar-refractivity contribution in [3.05, 3.63) is 59.7 Å². The molecule has 5 heteroatoms. The number of hydrogen-bond donors (Lipinski definition) is 0. The third kappa shape index (κ3) is 4.10. The Kier molecular flexibility index (Phi) is 5.87. The zero-order chi connectivity index (χ0) is 17.6. The second-order valence-corrected chi connectivity index (χ2v) is 7.01. The number of benzene rings is 2. The van der Waals surface area contributed by atoms with E-state index >= 15 is 0 Å². The molecule has 1 fully saturated rings. The lowest BCUT2D eigenvalue weighted by molar-refractivity contribution is -0.132. The molecule has 25 heavy (non-hydrogen) atoms. The van der Waals surface area contributed by atoms with Crippen molar-refractivity contribution >= 4 is 17.7 Å². The highest BCUT2D eigenvalue weighted by atomic mass is 32.2. The van der Waals surface area contributed by atoms with E-state index in [1.54, 1.807) is 18.9 Å². The summed E-state index contributed by atoms with van der Waals surface area (Å²) in [5, 5.41) is -0.00781. The van der Waals surface area contributed by atoms with Crippen molar-refractivity contribution in [2.45, 2.75) is 25.3 Å². The molecule has 1 unspecified atom stereocenters. The zero-order valence-electron chi connectivity index (χ0n) is 14.6. The molecule has 1 aliphatic rings. The molecule has 1 atom stereocenters. The number of ether oxygens (including phenoxy) is 2. The van der Waals surface area contributed by atoms with Gasteiger partial charge in [0.2, 0.25) is 5.91 Å². The quantitative estimate of drug-likeness (QED) is 0.774. The molecule has 0 bridgehead atoms. The molecule has 0 N–H and O–H groups in total. The summed E-state index contributed by atoms with van der Waals surface area (Å²) in [5.74, 6) is 2.47. The van der Waals surface area contributed by atoms with Gasteiger partial charge in [-0.25, -0.2) is 0 Å². The van der Waals surface area contributed by atoms with Crippen molar-refractivity contribution in [1.29, 1.82) is 0 Å². The van der Waals surface area contributed by atoms with Gasteiger partial charge in [0.15, 0.2) is 11.5 Å². The Morgan fingerprint density at radius 1 is 1.16 bits per heavy atom. The van der Waals surface area contributed by atoms with Gasteiger partial charge in [-0.2, -0.15) is 0 Å². The standard InChI is InChI=1S/C20H23NO3S/c1-3-24-18-13-16(9-10-17(18)23-2)20-21(19(22)11-12-25-20)14-15-7-5-4-6-8-15/h4-10,13,20H,3,11-12,14H2,1-2H3. The van der Waals surface area contributed by atoms with Gasteiger partial charge in [-0.1, -0.05) is 36.4 Å². The Morgan fingerprint density at radius 3 is 2.68 bits per heavy atom. The SMILES string of the molecule is CCOc1cc(C2SCCC(=O)N2Cc2ccccc2)ccc1OC. The predicted octanol–water partition coefficient (Wildman–Crippen LogP) is 4.26. The zero-order valence-corrected chi connectivity index (χ0v) is 15.4. The van der Waals surface area contributed by atoms with Crippen LogP contribution in [0.4, 0.5) is 0 Å². The van der Waals surface area contributed by atoms with Crippen molar-refractivity contribution in [2.75, 3.05) is 19.5 Å². The first-order valence-electron chi connectivity index (χ1n) is 8.48. The lowest BCUT2D eigenvalue weighted by Crippen LogP contribution is -2.36. The van der Waals surface area contributed by atoms with Crippen LogP contribution in [0.15, 0.2) is 48.5 Å². The third-order valence-electron chi connectivity index (χ3n) is 4.16. The molecule has 3 rings (SSSR count). The summed E-state index contributed by atoms with van der Waals surface area (Å²) < 4.78 is 11.1. The van der Waals surface area contributed by atoms with E-state index in [1.165, 1.54) is 0 Å². The topological polar surface area (TPSA) is 38.8 Å². The molecule has 1 saturated heterocycles. The minimum Gasteiger partial charge on any atom is -0.493 e. The summed E-state index contributed by atoms with van der Waals surface area (Å²) in [7, 11) is 1.64. The average Bonchev–Trinajstić information content (AvgIpc) is 2.64. The first kappa shape index (κ1) is 17.7. The maximum atomic E-state index is 12.6. The highest BCUT2D eigenvalue weighted by Gasteiger charge is 2.30. The Bertz CT molecular complexity index is 720. The average molecular weight is 357 g/mol. The highest BCUT2D eigenvalue weighted by Crippen LogP contribution is 2.41. The van der Waals surface area contributed by atoms with E-state index in [1.807, 2.05) is 48.2 Å². The van der Waals surface area contributed by atoms with Crippen molar-refractivity contribution in [3.63, 3.8) is 0 Å². The van der Waals surface area contributed by atoms with Gasteiger partial charge >= 0.3 is 0 Å². The van der Waals surface area contributed by atoms with Crippen LogP contribution in [0.3, 0.4) is 0 Å². The fourth-order valence-electron chi connectivity index (χ4n) is 2.96. The van der Waals surface area contributed by atoms with E-state index in [0.717, 1.165) is 22.6 Å². The Hall–Kier alpha value is -2.14. The van der Waals surface area contributed by atoms with E-state index in [9.17, 15) is 4.79 Å².